The Kier molecular flexibility index (Phi) is 4.66. The molecule has 0 radical (unpaired) electrons. The van der Waals surface area contributed by atoms with E-state index in [1.165, 1.54) is 0 Å². The average molecular weight is 327 g/mol. The van der Waals surface area contributed by atoms with Crippen molar-refractivity contribution in [2.75, 3.05) is 13.7 Å². The molecule has 2 aromatic heterocycles. The van der Waals surface area contributed by atoms with Gasteiger partial charge in [-0.25, -0.2) is 4.98 Å². The number of methoxy groups -OCH3 is 1. The maximum absolute atomic E-state index is 10.5. The summed E-state index contributed by atoms with van der Waals surface area (Å²) < 4.78 is 10.8. The van der Waals surface area contributed by atoms with E-state index in [4.69, 9.17) is 9.47 Å². The minimum absolute atomic E-state index is 0.365. The van der Waals surface area contributed by atoms with Crippen LogP contribution in [0.2, 0.25) is 0 Å². The van der Waals surface area contributed by atoms with Gasteiger partial charge in [-0.2, -0.15) is 0 Å². The van der Waals surface area contributed by atoms with E-state index in [1.807, 2.05) is 38.1 Å². The minimum Gasteiger partial charge on any atom is -0.497 e. The standard InChI is InChI=1S/C18H21N3O3/c1-4-24-17-7-8-19-14(11(17)2)10-16(22)18-20-13-6-5-12(23-3)9-15(13)21-18/h5-9,16,22H,4,10H2,1-3H3,(H,20,21). The number of hydrogen-bond acceptors (Lipinski definition) is 5. The molecule has 0 fully saturated rings. The number of aliphatic hydroxyl groups excluding tert-OH is 1. The Morgan fingerprint density at radius 1 is 1.29 bits per heavy atom. The summed E-state index contributed by atoms with van der Waals surface area (Å²) in [5, 5.41) is 10.5. The number of imidazole rings is 1. The Morgan fingerprint density at radius 2 is 2.12 bits per heavy atom. The second-order valence-electron chi connectivity index (χ2n) is 5.54. The van der Waals surface area contributed by atoms with E-state index >= 15 is 0 Å². The van der Waals surface area contributed by atoms with Crippen LogP contribution in [-0.2, 0) is 6.42 Å². The first kappa shape index (κ1) is 16.3. The quantitative estimate of drug-likeness (QED) is 0.727. The van der Waals surface area contributed by atoms with Crippen LogP contribution in [0.5, 0.6) is 11.5 Å². The van der Waals surface area contributed by atoms with Crippen molar-refractivity contribution in [2.24, 2.45) is 0 Å². The Bertz CT molecular complexity index is 845. The van der Waals surface area contributed by atoms with Gasteiger partial charge in [0.15, 0.2) is 0 Å². The van der Waals surface area contributed by atoms with E-state index < -0.39 is 6.10 Å². The molecule has 1 aromatic carbocycles. The summed E-state index contributed by atoms with van der Waals surface area (Å²) in [6, 6.07) is 7.41. The van der Waals surface area contributed by atoms with Gasteiger partial charge < -0.3 is 19.6 Å². The zero-order valence-electron chi connectivity index (χ0n) is 14.0. The van der Waals surface area contributed by atoms with Gasteiger partial charge in [0, 0.05) is 29.9 Å². The molecule has 126 valence electrons. The summed E-state index contributed by atoms with van der Waals surface area (Å²) in [7, 11) is 1.61. The molecule has 0 aliphatic heterocycles. The van der Waals surface area contributed by atoms with Gasteiger partial charge in [-0.1, -0.05) is 0 Å². The van der Waals surface area contributed by atoms with Gasteiger partial charge in [0.2, 0.25) is 0 Å². The lowest BCUT2D eigenvalue weighted by atomic mass is 10.1. The number of nitrogens with zero attached hydrogens (tertiary/aromatic N) is 2. The van der Waals surface area contributed by atoms with Crippen LogP contribution < -0.4 is 9.47 Å². The van der Waals surface area contributed by atoms with E-state index in [0.29, 0.717) is 18.9 Å². The van der Waals surface area contributed by atoms with Gasteiger partial charge in [0.1, 0.15) is 23.4 Å². The first-order chi connectivity index (χ1) is 11.6. The Morgan fingerprint density at radius 3 is 2.88 bits per heavy atom. The number of aromatic nitrogens is 3. The molecule has 0 aliphatic rings. The maximum Gasteiger partial charge on any atom is 0.136 e. The van der Waals surface area contributed by atoms with Crippen LogP contribution in [0.25, 0.3) is 11.0 Å². The van der Waals surface area contributed by atoms with Gasteiger partial charge in [-0.15, -0.1) is 0 Å². The Balaban J connectivity index is 1.84. The number of hydrogen-bond donors (Lipinski definition) is 2. The van der Waals surface area contributed by atoms with Crippen molar-refractivity contribution in [1.82, 2.24) is 15.0 Å². The fraction of sp³-hybridized carbons (Fsp3) is 0.333. The average Bonchev–Trinajstić information content (AvgIpc) is 3.01. The number of fused-ring (bicyclic) bond motifs is 1. The highest BCUT2D eigenvalue weighted by Crippen LogP contribution is 2.25. The lowest BCUT2D eigenvalue weighted by molar-refractivity contribution is 0.168. The molecular formula is C18H21N3O3. The van der Waals surface area contributed by atoms with Crippen LogP contribution in [0, 0.1) is 6.92 Å². The smallest absolute Gasteiger partial charge is 0.136 e. The van der Waals surface area contributed by atoms with Crippen LogP contribution in [0.15, 0.2) is 30.5 Å². The monoisotopic (exact) mass is 327 g/mol. The largest absolute Gasteiger partial charge is 0.497 e. The van der Waals surface area contributed by atoms with Crippen LogP contribution in [0.4, 0.5) is 0 Å². The molecular weight excluding hydrogens is 306 g/mol. The molecule has 6 nitrogen and oxygen atoms in total. The molecule has 0 saturated carbocycles. The van der Waals surface area contributed by atoms with Crippen LogP contribution >= 0.6 is 0 Å². The van der Waals surface area contributed by atoms with Crippen LogP contribution in [-0.4, -0.2) is 33.8 Å². The van der Waals surface area contributed by atoms with E-state index in [1.54, 1.807) is 13.3 Å². The molecule has 6 heteroatoms. The van der Waals surface area contributed by atoms with Crippen molar-refractivity contribution in [2.45, 2.75) is 26.4 Å². The summed E-state index contributed by atoms with van der Waals surface area (Å²) in [5.74, 6) is 2.04. The molecule has 0 spiro atoms. The number of nitrogens with one attached hydrogen (secondary N) is 1. The first-order valence-corrected chi connectivity index (χ1v) is 7.91. The molecule has 2 heterocycles. The third-order valence-electron chi connectivity index (χ3n) is 3.97. The second kappa shape index (κ2) is 6.88. The number of rotatable bonds is 6. The second-order valence-corrected chi connectivity index (χ2v) is 5.54. The van der Waals surface area contributed by atoms with Gasteiger partial charge in [0.25, 0.3) is 0 Å². The summed E-state index contributed by atoms with van der Waals surface area (Å²) >= 11 is 0. The number of pyridine rings is 1. The molecule has 3 aromatic rings. The number of H-pyrrole nitrogens is 1. The SMILES string of the molecule is CCOc1ccnc(CC(O)c2nc3cc(OC)ccc3[nH]2)c1C. The highest BCUT2D eigenvalue weighted by atomic mass is 16.5. The molecule has 0 amide bonds. The highest BCUT2D eigenvalue weighted by Gasteiger charge is 2.17. The Hall–Kier alpha value is -2.60. The summed E-state index contributed by atoms with van der Waals surface area (Å²) in [6.45, 7) is 4.48. The zero-order valence-corrected chi connectivity index (χ0v) is 14.0. The Labute approximate surface area is 140 Å². The lowest BCUT2D eigenvalue weighted by Crippen LogP contribution is -2.08. The number of aliphatic hydroxyl groups is 1. The zero-order chi connectivity index (χ0) is 17.1. The number of ether oxygens (including phenoxy) is 2. The van der Waals surface area contributed by atoms with E-state index in [2.05, 4.69) is 15.0 Å². The molecule has 0 saturated heterocycles. The third kappa shape index (κ3) is 3.19. The third-order valence-corrected chi connectivity index (χ3v) is 3.97. The summed E-state index contributed by atoms with van der Waals surface area (Å²) in [5.41, 5.74) is 3.36. The molecule has 3 rings (SSSR count). The normalized spacial score (nSPS) is 12.3. The predicted molar refractivity (Wildman–Crippen MR) is 91.5 cm³/mol. The van der Waals surface area contributed by atoms with Gasteiger partial charge in [-0.05, 0) is 32.0 Å². The van der Waals surface area contributed by atoms with E-state index in [-0.39, 0.29) is 0 Å². The topological polar surface area (TPSA) is 80.3 Å². The van der Waals surface area contributed by atoms with Crippen molar-refractivity contribution < 1.29 is 14.6 Å². The number of aromatic amines is 1. The van der Waals surface area contributed by atoms with Crippen molar-refractivity contribution in [1.29, 1.82) is 0 Å². The first-order valence-electron chi connectivity index (χ1n) is 7.91. The molecule has 1 unspecified atom stereocenters. The maximum atomic E-state index is 10.5. The van der Waals surface area contributed by atoms with Crippen molar-refractivity contribution in [3.8, 4) is 11.5 Å². The molecule has 0 aliphatic carbocycles. The fourth-order valence-corrected chi connectivity index (χ4v) is 2.65. The number of benzene rings is 1. The highest BCUT2D eigenvalue weighted by molar-refractivity contribution is 5.76. The lowest BCUT2D eigenvalue weighted by Gasteiger charge is -2.12. The van der Waals surface area contributed by atoms with Crippen molar-refractivity contribution >= 4 is 11.0 Å². The van der Waals surface area contributed by atoms with Crippen molar-refractivity contribution in [3.63, 3.8) is 0 Å². The molecule has 0 bridgehead atoms. The predicted octanol–water partition coefficient (Wildman–Crippen LogP) is 2.95. The molecule has 2 N–H and O–H groups in total. The van der Waals surface area contributed by atoms with E-state index in [0.717, 1.165) is 33.8 Å². The fourth-order valence-electron chi connectivity index (χ4n) is 2.65. The summed E-state index contributed by atoms with van der Waals surface area (Å²) in [6.07, 6.45) is 1.29. The van der Waals surface area contributed by atoms with Crippen LogP contribution in [0.3, 0.4) is 0 Å². The minimum atomic E-state index is -0.772. The summed E-state index contributed by atoms with van der Waals surface area (Å²) in [4.78, 5) is 12.0. The van der Waals surface area contributed by atoms with Crippen molar-refractivity contribution in [3.05, 3.63) is 47.5 Å². The molecule has 24 heavy (non-hydrogen) atoms. The van der Waals surface area contributed by atoms with Gasteiger partial charge >= 0.3 is 0 Å². The molecule has 1 atom stereocenters. The van der Waals surface area contributed by atoms with Gasteiger partial charge in [-0.3, -0.25) is 4.98 Å². The van der Waals surface area contributed by atoms with E-state index in [9.17, 15) is 5.11 Å². The van der Waals surface area contributed by atoms with Crippen LogP contribution in [0.1, 0.15) is 30.1 Å². The van der Waals surface area contributed by atoms with Gasteiger partial charge in [0.05, 0.1) is 24.8 Å².